The first-order chi connectivity index (χ1) is 27.9. The van der Waals surface area contributed by atoms with Crippen molar-refractivity contribution in [1.29, 1.82) is 0 Å². The molecule has 8 atom stereocenters. The maximum Gasteiger partial charge on any atom is 0.407 e. The van der Waals surface area contributed by atoms with E-state index in [0.717, 1.165) is 48.9 Å². The number of piperidine rings is 2. The number of imidazole rings is 2. The third-order valence-electron chi connectivity index (χ3n) is 12.6. The van der Waals surface area contributed by atoms with Crippen molar-refractivity contribution in [2.24, 2.45) is 23.7 Å². The maximum absolute atomic E-state index is 15.9. The summed E-state index contributed by atoms with van der Waals surface area (Å²) in [6, 6.07) is 11.1. The molecule has 4 N–H and O–H groups in total. The lowest BCUT2D eigenvalue weighted by Crippen LogP contribution is -2.54. The summed E-state index contributed by atoms with van der Waals surface area (Å²) in [5.74, 6) is 0.964. The third-order valence-corrected chi connectivity index (χ3v) is 12.6. The number of methoxy groups -OCH3 is 2. The number of amides is 4. The molecule has 8 rings (SSSR count). The fourth-order valence-corrected chi connectivity index (χ4v) is 9.43. The normalized spacial score (nSPS) is 24.2. The van der Waals surface area contributed by atoms with Crippen LogP contribution in [0, 0.1) is 29.5 Å². The van der Waals surface area contributed by atoms with Gasteiger partial charge in [-0.15, -0.1) is 0 Å². The topological polar surface area (TPSA) is 175 Å². The summed E-state index contributed by atoms with van der Waals surface area (Å²) in [7, 11) is 2.56. The molecule has 4 aromatic rings. The number of nitrogens with one attached hydrogen (secondary N) is 4. The largest absolute Gasteiger partial charge is 0.453 e. The average molecular weight is 795 g/mol. The summed E-state index contributed by atoms with van der Waals surface area (Å²) in [4.78, 5) is 71.7. The number of carbonyl (C=O) groups is 4. The second-order valence-electron chi connectivity index (χ2n) is 16.8. The molecule has 2 saturated carbocycles. The molecule has 2 aromatic carbocycles. The Bertz CT molecular complexity index is 2200. The zero-order valence-electron chi connectivity index (χ0n) is 33.6. The number of alkyl carbamates (subject to hydrolysis) is 2. The quantitative estimate of drug-likeness (QED) is 0.129. The predicted octanol–water partition coefficient (Wildman–Crippen LogP) is 6.75. The Labute approximate surface area is 336 Å². The first kappa shape index (κ1) is 39.1. The van der Waals surface area contributed by atoms with Crippen molar-refractivity contribution in [3.8, 4) is 33.6 Å². The third kappa shape index (κ3) is 7.19. The number of benzene rings is 2. The Hall–Kier alpha value is -5.73. The van der Waals surface area contributed by atoms with Gasteiger partial charge in [0.05, 0.1) is 50.1 Å². The number of fused-ring (bicyclic) bond motifs is 3. The van der Waals surface area contributed by atoms with Crippen LogP contribution in [-0.4, -0.2) is 92.1 Å². The highest BCUT2D eigenvalue weighted by Gasteiger charge is 2.56. The summed E-state index contributed by atoms with van der Waals surface area (Å²) in [6.45, 7) is 7.58. The molecule has 4 aliphatic rings. The van der Waals surface area contributed by atoms with Crippen LogP contribution >= 0.6 is 0 Å². The molecule has 58 heavy (non-hydrogen) atoms. The van der Waals surface area contributed by atoms with E-state index in [2.05, 4.69) is 25.6 Å². The lowest BCUT2D eigenvalue weighted by molar-refractivity contribution is -0.139. The fraction of sp³-hybridized carbons (Fsp3) is 0.488. The number of rotatable bonds is 11. The summed E-state index contributed by atoms with van der Waals surface area (Å²) in [6.07, 6.45) is 6.57. The first-order valence-electron chi connectivity index (χ1n) is 20.2. The number of H-pyrrole nitrogens is 2. The van der Waals surface area contributed by atoms with Crippen LogP contribution in [0.1, 0.15) is 83.5 Å². The molecular formula is C43H51FN8O6. The van der Waals surface area contributed by atoms with Gasteiger partial charge < -0.3 is 39.9 Å². The van der Waals surface area contributed by atoms with Crippen LogP contribution in [0.4, 0.5) is 14.0 Å². The van der Waals surface area contributed by atoms with Gasteiger partial charge in [0.25, 0.3) is 0 Å². The number of nitrogens with zero attached hydrogens (tertiary/aromatic N) is 4. The van der Waals surface area contributed by atoms with Gasteiger partial charge in [0.15, 0.2) is 0 Å². The molecule has 0 unspecified atom stereocenters. The van der Waals surface area contributed by atoms with Gasteiger partial charge >= 0.3 is 12.2 Å². The second kappa shape index (κ2) is 15.6. The molecule has 0 spiro atoms. The number of aromatic amines is 2. The SMILES string of the molecule is COC(=O)N[C@H](C(=O)N1[C@@H]2CC[C@@H](C2)[C@H]1c1ncc(-c2ccc(-c3ccc(-c4cnc([C@@H]5C[C@H]6C[C@H]6N5C(=O)[C@@H](NC(=O)OC)C(C)C)[nH]4)cc3)cc2F)[nH]1)C(C)C. The van der Waals surface area contributed by atoms with Crippen LogP contribution < -0.4 is 10.6 Å². The van der Waals surface area contributed by atoms with Crippen LogP contribution in [-0.2, 0) is 19.1 Å². The summed E-state index contributed by atoms with van der Waals surface area (Å²) in [5, 5.41) is 5.43. The molecule has 2 aromatic heterocycles. The summed E-state index contributed by atoms with van der Waals surface area (Å²) < 4.78 is 25.4. The van der Waals surface area contributed by atoms with Crippen LogP contribution in [0.25, 0.3) is 33.6 Å². The summed E-state index contributed by atoms with van der Waals surface area (Å²) >= 11 is 0. The molecular weight excluding hydrogens is 744 g/mol. The van der Waals surface area contributed by atoms with E-state index in [0.29, 0.717) is 34.4 Å². The van der Waals surface area contributed by atoms with Gasteiger partial charge in [-0.25, -0.2) is 23.9 Å². The van der Waals surface area contributed by atoms with Crippen molar-refractivity contribution >= 4 is 24.0 Å². The minimum atomic E-state index is -0.743. The molecule has 2 bridgehead atoms. The van der Waals surface area contributed by atoms with E-state index >= 15 is 4.39 Å². The lowest BCUT2D eigenvalue weighted by atomic mass is 9.95. The molecule has 4 fully saturated rings. The molecule has 2 aliphatic carbocycles. The van der Waals surface area contributed by atoms with Gasteiger partial charge in [0, 0.05) is 17.6 Å². The molecule has 306 valence electrons. The number of halogens is 1. The van der Waals surface area contributed by atoms with Crippen molar-refractivity contribution in [1.82, 2.24) is 40.4 Å². The Balaban J connectivity index is 0.961. The van der Waals surface area contributed by atoms with Gasteiger partial charge in [-0.3, -0.25) is 9.59 Å². The second-order valence-corrected chi connectivity index (χ2v) is 16.8. The molecule has 4 amide bonds. The standard InChI is InChI=1S/C43H51FN8O6/c1-21(2)35(49-42(55)57-5)40(53)51-28-13-11-26(15-28)37(51)39-46-20-32(48-39)29-14-12-25(16-30(29)44)23-7-9-24(10-8-23)31-19-45-38(47-31)34-18-27-17-33(27)52(34)41(54)36(22(3)4)50-43(56)58-6/h7-10,12,14,16,19-22,26-28,33-37H,11,13,15,17-18H2,1-6H3,(H,45,47)(H,46,48)(H,49,55)(H,50,56)/t26-,27+,28+,33+,34-,35-,36-,37-/m0/s1. The molecule has 4 heterocycles. The van der Waals surface area contributed by atoms with E-state index in [4.69, 9.17) is 14.5 Å². The van der Waals surface area contributed by atoms with Gasteiger partial charge in [0.2, 0.25) is 11.8 Å². The summed E-state index contributed by atoms with van der Waals surface area (Å²) in [5.41, 5.74) is 4.13. The van der Waals surface area contributed by atoms with E-state index in [1.807, 2.05) is 67.8 Å². The van der Waals surface area contributed by atoms with Crippen molar-refractivity contribution in [2.45, 2.75) is 96.1 Å². The van der Waals surface area contributed by atoms with Crippen molar-refractivity contribution in [2.75, 3.05) is 14.2 Å². The number of aromatic nitrogens is 4. The molecule has 0 radical (unpaired) electrons. The van der Waals surface area contributed by atoms with Crippen LogP contribution in [0.15, 0.2) is 54.9 Å². The minimum Gasteiger partial charge on any atom is -0.453 e. The zero-order chi connectivity index (χ0) is 41.0. The smallest absolute Gasteiger partial charge is 0.407 e. The van der Waals surface area contributed by atoms with Gasteiger partial charge in [0.1, 0.15) is 29.5 Å². The van der Waals surface area contributed by atoms with Gasteiger partial charge in [-0.05, 0) is 84.6 Å². The Morgan fingerprint density at radius 3 is 1.95 bits per heavy atom. The molecule has 2 aliphatic heterocycles. The Morgan fingerprint density at radius 1 is 0.724 bits per heavy atom. The Morgan fingerprint density at radius 2 is 1.31 bits per heavy atom. The highest BCUT2D eigenvalue weighted by atomic mass is 19.1. The van der Waals surface area contributed by atoms with Gasteiger partial charge in [-0.1, -0.05) is 58.0 Å². The van der Waals surface area contributed by atoms with Crippen molar-refractivity contribution in [3.63, 3.8) is 0 Å². The van der Waals surface area contributed by atoms with Crippen LogP contribution in [0.5, 0.6) is 0 Å². The Kier molecular flexibility index (Phi) is 10.5. The van der Waals surface area contributed by atoms with E-state index in [-0.39, 0.29) is 53.7 Å². The fourth-order valence-electron chi connectivity index (χ4n) is 9.43. The number of likely N-dealkylation sites (tertiary alicyclic amines) is 2. The van der Waals surface area contributed by atoms with Crippen LogP contribution in [0.2, 0.25) is 0 Å². The van der Waals surface area contributed by atoms with E-state index in [9.17, 15) is 19.2 Å². The number of ether oxygens (including phenoxy) is 2. The highest BCUT2D eigenvalue weighted by Crippen LogP contribution is 2.54. The van der Waals surface area contributed by atoms with E-state index in [1.54, 1.807) is 18.5 Å². The highest BCUT2D eigenvalue weighted by molar-refractivity contribution is 5.88. The lowest BCUT2D eigenvalue weighted by Gasteiger charge is -2.37. The zero-order valence-corrected chi connectivity index (χ0v) is 33.6. The maximum atomic E-state index is 15.9. The molecule has 2 saturated heterocycles. The van der Waals surface area contributed by atoms with Gasteiger partial charge in [-0.2, -0.15) is 0 Å². The van der Waals surface area contributed by atoms with E-state index < -0.39 is 30.1 Å². The molecule has 15 heteroatoms. The van der Waals surface area contributed by atoms with Crippen LogP contribution in [0.3, 0.4) is 0 Å². The van der Waals surface area contributed by atoms with E-state index in [1.165, 1.54) is 20.3 Å². The average Bonchev–Trinajstić information content (AvgIpc) is 3.86. The number of hydrogen-bond acceptors (Lipinski definition) is 8. The number of carbonyl (C=O) groups excluding carboxylic acids is 4. The monoisotopic (exact) mass is 794 g/mol. The minimum absolute atomic E-state index is 0.0501. The predicted molar refractivity (Wildman–Crippen MR) is 212 cm³/mol. The molecule has 14 nitrogen and oxygen atoms in total. The number of hydrogen-bond donors (Lipinski definition) is 4. The van der Waals surface area contributed by atoms with Crippen molar-refractivity contribution < 1.29 is 33.0 Å². The van der Waals surface area contributed by atoms with Crippen molar-refractivity contribution in [3.05, 3.63) is 72.3 Å². The first-order valence-corrected chi connectivity index (χ1v) is 20.2.